The molecule has 0 saturated carbocycles. The van der Waals surface area contributed by atoms with Gasteiger partial charge >= 0.3 is 5.97 Å². The van der Waals surface area contributed by atoms with E-state index in [0.717, 1.165) is 11.1 Å². The number of carbonyl (C=O) groups excluding carboxylic acids is 3. The Labute approximate surface area is 189 Å². The topological polar surface area (TPSA) is 93.7 Å². The lowest BCUT2D eigenvalue weighted by Crippen LogP contribution is -2.47. The van der Waals surface area contributed by atoms with Gasteiger partial charge in [-0.1, -0.05) is 32.0 Å². The Kier molecular flexibility index (Phi) is 8.81. The summed E-state index contributed by atoms with van der Waals surface area (Å²) in [6.07, 6.45) is -1.02. The number of ether oxygens (including phenoxy) is 2. The van der Waals surface area contributed by atoms with E-state index in [1.165, 1.54) is 6.92 Å². The van der Waals surface area contributed by atoms with Crippen LogP contribution in [-0.2, 0) is 14.3 Å². The molecule has 2 amide bonds. The Hall–Kier alpha value is -3.35. The maximum absolute atomic E-state index is 12.8. The number of hydrogen-bond donors (Lipinski definition) is 2. The zero-order chi connectivity index (χ0) is 23.8. The van der Waals surface area contributed by atoms with Crippen LogP contribution in [0.2, 0.25) is 0 Å². The minimum absolute atomic E-state index is 0.233. The number of para-hydroxylation sites is 1. The number of rotatable bonds is 9. The van der Waals surface area contributed by atoms with Gasteiger partial charge in [-0.3, -0.25) is 9.59 Å². The first-order valence-electron chi connectivity index (χ1n) is 10.7. The molecule has 0 radical (unpaired) electrons. The fourth-order valence-corrected chi connectivity index (χ4v) is 3.13. The van der Waals surface area contributed by atoms with E-state index in [1.54, 1.807) is 38.1 Å². The first-order chi connectivity index (χ1) is 15.1. The van der Waals surface area contributed by atoms with Gasteiger partial charge in [0.1, 0.15) is 11.8 Å². The van der Waals surface area contributed by atoms with Gasteiger partial charge in [-0.15, -0.1) is 0 Å². The van der Waals surface area contributed by atoms with Crippen molar-refractivity contribution in [1.82, 2.24) is 5.32 Å². The van der Waals surface area contributed by atoms with Crippen molar-refractivity contribution in [2.24, 2.45) is 5.92 Å². The van der Waals surface area contributed by atoms with Crippen molar-refractivity contribution in [1.29, 1.82) is 0 Å². The third-order valence-corrected chi connectivity index (χ3v) is 5.03. The summed E-state index contributed by atoms with van der Waals surface area (Å²) in [7, 11) is 0. The zero-order valence-corrected chi connectivity index (χ0v) is 19.5. The van der Waals surface area contributed by atoms with Gasteiger partial charge in [-0.25, -0.2) is 4.79 Å². The molecule has 2 N–H and O–H groups in total. The summed E-state index contributed by atoms with van der Waals surface area (Å²) in [5, 5.41) is 5.53. The second kappa shape index (κ2) is 11.3. The van der Waals surface area contributed by atoms with E-state index in [9.17, 15) is 14.4 Å². The molecule has 2 aromatic carbocycles. The van der Waals surface area contributed by atoms with Gasteiger partial charge in [-0.2, -0.15) is 0 Å². The summed E-state index contributed by atoms with van der Waals surface area (Å²) >= 11 is 0. The van der Waals surface area contributed by atoms with Crippen LogP contribution in [0.4, 0.5) is 5.69 Å². The van der Waals surface area contributed by atoms with Crippen molar-refractivity contribution in [2.45, 2.75) is 53.7 Å². The molecule has 0 fully saturated rings. The molecule has 0 aliphatic rings. The van der Waals surface area contributed by atoms with E-state index < -0.39 is 29.9 Å². The second-order valence-corrected chi connectivity index (χ2v) is 7.99. The highest BCUT2D eigenvalue weighted by Crippen LogP contribution is 2.20. The molecule has 0 saturated heterocycles. The smallest absolute Gasteiger partial charge is 0.329 e. The molecule has 172 valence electrons. The maximum Gasteiger partial charge on any atom is 0.329 e. The first kappa shape index (κ1) is 24.9. The van der Waals surface area contributed by atoms with Crippen LogP contribution in [0.25, 0.3) is 0 Å². The number of hydrogen-bond acceptors (Lipinski definition) is 5. The normalized spacial score (nSPS) is 12.6. The highest BCUT2D eigenvalue weighted by atomic mass is 16.5. The van der Waals surface area contributed by atoms with Gasteiger partial charge in [0.15, 0.2) is 6.10 Å². The van der Waals surface area contributed by atoms with E-state index in [-0.39, 0.29) is 5.92 Å². The van der Waals surface area contributed by atoms with Gasteiger partial charge in [0, 0.05) is 11.3 Å². The summed E-state index contributed by atoms with van der Waals surface area (Å²) in [6.45, 7) is 11.3. The number of esters is 1. The number of carbonyl (C=O) groups is 3. The quantitative estimate of drug-likeness (QED) is 0.574. The molecule has 2 atom stereocenters. The van der Waals surface area contributed by atoms with Crippen LogP contribution in [0.15, 0.2) is 42.5 Å². The Morgan fingerprint density at radius 2 is 1.53 bits per heavy atom. The monoisotopic (exact) mass is 440 g/mol. The van der Waals surface area contributed by atoms with Crippen molar-refractivity contribution in [3.05, 3.63) is 59.2 Å². The molecule has 0 aliphatic carbocycles. The lowest BCUT2D eigenvalue weighted by Gasteiger charge is -2.23. The van der Waals surface area contributed by atoms with Gasteiger partial charge < -0.3 is 20.1 Å². The van der Waals surface area contributed by atoms with Crippen LogP contribution in [-0.4, -0.2) is 36.5 Å². The molecule has 7 nitrogen and oxygen atoms in total. The minimum atomic E-state index is -1.02. The van der Waals surface area contributed by atoms with E-state index in [2.05, 4.69) is 10.6 Å². The molecule has 0 spiro atoms. The lowest BCUT2D eigenvalue weighted by atomic mass is 10.0. The Balaban J connectivity index is 2.02. The third kappa shape index (κ3) is 6.57. The molecule has 2 rings (SSSR count). The summed E-state index contributed by atoms with van der Waals surface area (Å²) in [5.41, 5.74) is 2.93. The molecule has 0 heterocycles. The highest BCUT2D eigenvalue weighted by Gasteiger charge is 2.29. The van der Waals surface area contributed by atoms with Gasteiger partial charge in [0.2, 0.25) is 0 Å². The van der Waals surface area contributed by atoms with Crippen LogP contribution in [0.5, 0.6) is 5.75 Å². The molecule has 0 aliphatic heterocycles. The molecular formula is C25H32N2O5. The largest absolute Gasteiger partial charge is 0.494 e. The van der Waals surface area contributed by atoms with Crippen LogP contribution in [0.3, 0.4) is 0 Å². The summed E-state index contributed by atoms with van der Waals surface area (Å²) in [6, 6.07) is 11.4. The Bertz CT molecular complexity index is 933. The van der Waals surface area contributed by atoms with Crippen LogP contribution in [0, 0.1) is 19.8 Å². The van der Waals surface area contributed by atoms with Crippen molar-refractivity contribution in [2.75, 3.05) is 11.9 Å². The van der Waals surface area contributed by atoms with Crippen LogP contribution in [0.1, 0.15) is 49.2 Å². The predicted molar refractivity (Wildman–Crippen MR) is 124 cm³/mol. The van der Waals surface area contributed by atoms with Gasteiger partial charge in [-0.05, 0) is 69.0 Å². The van der Waals surface area contributed by atoms with Crippen LogP contribution >= 0.6 is 0 Å². The summed E-state index contributed by atoms with van der Waals surface area (Å²) in [4.78, 5) is 38.0. The van der Waals surface area contributed by atoms with Crippen molar-refractivity contribution >= 4 is 23.5 Å². The van der Waals surface area contributed by atoms with Crippen molar-refractivity contribution < 1.29 is 23.9 Å². The number of anilines is 1. The Morgan fingerprint density at radius 1 is 0.938 bits per heavy atom. The number of benzene rings is 2. The maximum atomic E-state index is 12.8. The van der Waals surface area contributed by atoms with E-state index in [1.807, 2.05) is 39.0 Å². The highest BCUT2D eigenvalue weighted by molar-refractivity contribution is 5.98. The van der Waals surface area contributed by atoms with E-state index in [4.69, 9.17) is 9.47 Å². The standard InChI is InChI=1S/C25H32N2O5/c1-7-31-20-13-11-19(12-14-20)24(29)26-21(15(2)3)25(30)32-18(6)23(28)27-22-16(4)9-8-10-17(22)5/h8-15,18,21H,7H2,1-6H3,(H,26,29)(H,27,28). The molecular weight excluding hydrogens is 408 g/mol. The molecule has 32 heavy (non-hydrogen) atoms. The Morgan fingerprint density at radius 3 is 2.06 bits per heavy atom. The molecule has 2 unspecified atom stereocenters. The zero-order valence-electron chi connectivity index (χ0n) is 19.5. The van der Waals surface area contributed by atoms with Crippen molar-refractivity contribution in [3.63, 3.8) is 0 Å². The summed E-state index contributed by atoms with van der Waals surface area (Å²) in [5.74, 6) is -1.08. The fourth-order valence-electron chi connectivity index (χ4n) is 3.13. The number of nitrogens with one attached hydrogen (secondary N) is 2. The third-order valence-electron chi connectivity index (χ3n) is 5.03. The summed E-state index contributed by atoms with van der Waals surface area (Å²) < 4.78 is 10.8. The lowest BCUT2D eigenvalue weighted by molar-refractivity contribution is -0.156. The molecule has 0 bridgehead atoms. The second-order valence-electron chi connectivity index (χ2n) is 7.99. The molecule has 7 heteroatoms. The predicted octanol–water partition coefficient (Wildman–Crippen LogP) is 4.03. The fraction of sp³-hybridized carbons (Fsp3) is 0.400. The molecule has 0 aromatic heterocycles. The van der Waals surface area contributed by atoms with E-state index in [0.29, 0.717) is 23.6 Å². The average Bonchev–Trinajstić information content (AvgIpc) is 2.74. The van der Waals surface area contributed by atoms with Crippen LogP contribution < -0.4 is 15.4 Å². The minimum Gasteiger partial charge on any atom is -0.494 e. The molecule has 2 aromatic rings. The number of aryl methyl sites for hydroxylation is 2. The van der Waals surface area contributed by atoms with Crippen molar-refractivity contribution in [3.8, 4) is 5.75 Å². The van der Waals surface area contributed by atoms with Gasteiger partial charge in [0.25, 0.3) is 11.8 Å². The first-order valence-corrected chi connectivity index (χ1v) is 10.7. The van der Waals surface area contributed by atoms with Gasteiger partial charge in [0.05, 0.1) is 6.61 Å². The van der Waals surface area contributed by atoms with E-state index >= 15 is 0 Å². The SMILES string of the molecule is CCOc1ccc(C(=O)NC(C(=O)OC(C)C(=O)Nc2c(C)cccc2C)C(C)C)cc1. The average molecular weight is 441 g/mol. The number of amides is 2.